The maximum atomic E-state index is 13.6. The van der Waals surface area contributed by atoms with Gasteiger partial charge in [-0.1, -0.05) is 0 Å². The first-order valence-electron chi connectivity index (χ1n) is 5.55. The van der Waals surface area contributed by atoms with Crippen LogP contribution >= 0.6 is 0 Å². The number of aryl methyl sites for hydroxylation is 1. The van der Waals surface area contributed by atoms with E-state index in [2.05, 4.69) is 20.7 Å². The summed E-state index contributed by atoms with van der Waals surface area (Å²) in [5, 5.41) is 2.86. The highest BCUT2D eigenvalue weighted by Gasteiger charge is 2.07. The van der Waals surface area contributed by atoms with Gasteiger partial charge in [0.1, 0.15) is 5.75 Å². The van der Waals surface area contributed by atoms with Gasteiger partial charge < -0.3 is 10.1 Å². The molecule has 19 heavy (non-hydrogen) atoms. The van der Waals surface area contributed by atoms with Gasteiger partial charge in [0, 0.05) is 5.69 Å². The molecule has 0 aliphatic heterocycles. The molecule has 0 saturated carbocycles. The molecule has 0 amide bonds. The van der Waals surface area contributed by atoms with E-state index in [-0.39, 0.29) is 11.8 Å². The van der Waals surface area contributed by atoms with Crippen LogP contribution in [-0.4, -0.2) is 17.1 Å². The third kappa shape index (κ3) is 2.89. The highest BCUT2D eigenvalue weighted by molar-refractivity contribution is 5.60. The van der Waals surface area contributed by atoms with Crippen LogP contribution in [0.15, 0.2) is 24.4 Å². The van der Waals surface area contributed by atoms with E-state index < -0.39 is 5.82 Å². The first kappa shape index (κ1) is 13.0. The number of nitrogens with zero attached hydrogens (tertiary/aromatic N) is 2. The lowest BCUT2D eigenvalue weighted by Gasteiger charge is -2.10. The molecule has 0 saturated heterocycles. The van der Waals surface area contributed by atoms with Crippen LogP contribution in [0.2, 0.25) is 0 Å². The van der Waals surface area contributed by atoms with E-state index in [1.165, 1.54) is 0 Å². The van der Waals surface area contributed by atoms with Crippen molar-refractivity contribution in [3.63, 3.8) is 0 Å². The van der Waals surface area contributed by atoms with Crippen LogP contribution in [0.3, 0.4) is 0 Å². The van der Waals surface area contributed by atoms with E-state index >= 15 is 0 Å². The van der Waals surface area contributed by atoms with Crippen LogP contribution in [0.1, 0.15) is 5.56 Å². The van der Waals surface area contributed by atoms with E-state index in [0.29, 0.717) is 5.69 Å². The SMILES string of the molecule is COc1ccc(Nc2nc(NN)ncc2F)cc1C. The van der Waals surface area contributed by atoms with Crippen molar-refractivity contribution >= 4 is 17.5 Å². The minimum absolute atomic E-state index is 0.0486. The molecule has 100 valence electrons. The molecule has 0 spiro atoms. The molecule has 0 radical (unpaired) electrons. The predicted octanol–water partition coefficient (Wildman–Crippen LogP) is 1.96. The molecule has 0 unspecified atom stereocenters. The Morgan fingerprint density at radius 1 is 1.37 bits per heavy atom. The molecule has 1 aromatic carbocycles. The molecule has 0 aliphatic rings. The normalized spacial score (nSPS) is 10.1. The summed E-state index contributed by atoms with van der Waals surface area (Å²) in [6.45, 7) is 1.90. The second kappa shape index (κ2) is 5.49. The van der Waals surface area contributed by atoms with Gasteiger partial charge in [0.25, 0.3) is 0 Å². The summed E-state index contributed by atoms with van der Waals surface area (Å²) in [6, 6.07) is 5.39. The number of hydrazine groups is 1. The topological polar surface area (TPSA) is 85.1 Å². The van der Waals surface area contributed by atoms with Gasteiger partial charge in [-0.25, -0.2) is 15.2 Å². The fourth-order valence-electron chi connectivity index (χ4n) is 1.62. The summed E-state index contributed by atoms with van der Waals surface area (Å²) in [7, 11) is 1.60. The molecule has 2 aromatic rings. The van der Waals surface area contributed by atoms with Crippen molar-refractivity contribution in [1.82, 2.24) is 9.97 Å². The fourth-order valence-corrected chi connectivity index (χ4v) is 1.62. The highest BCUT2D eigenvalue weighted by atomic mass is 19.1. The van der Waals surface area contributed by atoms with E-state index in [1.54, 1.807) is 19.2 Å². The lowest BCUT2D eigenvalue weighted by Crippen LogP contribution is -2.12. The number of hydrogen-bond donors (Lipinski definition) is 3. The van der Waals surface area contributed by atoms with Crippen molar-refractivity contribution in [2.45, 2.75) is 6.92 Å². The Kier molecular flexibility index (Phi) is 3.76. The molecule has 7 heteroatoms. The third-order valence-electron chi connectivity index (χ3n) is 2.53. The van der Waals surface area contributed by atoms with Gasteiger partial charge in [-0.05, 0) is 30.7 Å². The zero-order chi connectivity index (χ0) is 13.8. The molecule has 0 atom stereocenters. The van der Waals surface area contributed by atoms with E-state index in [9.17, 15) is 4.39 Å². The number of nitrogens with one attached hydrogen (secondary N) is 2. The van der Waals surface area contributed by atoms with E-state index in [1.807, 2.05) is 13.0 Å². The number of benzene rings is 1. The number of rotatable bonds is 4. The van der Waals surface area contributed by atoms with E-state index in [4.69, 9.17) is 10.6 Å². The van der Waals surface area contributed by atoms with Crippen LogP contribution in [-0.2, 0) is 0 Å². The number of nitrogens with two attached hydrogens (primary N) is 1. The maximum absolute atomic E-state index is 13.6. The summed E-state index contributed by atoms with van der Waals surface area (Å²) in [5.41, 5.74) is 3.88. The number of ether oxygens (including phenoxy) is 1. The van der Waals surface area contributed by atoms with Gasteiger partial charge >= 0.3 is 0 Å². The highest BCUT2D eigenvalue weighted by Crippen LogP contribution is 2.24. The zero-order valence-electron chi connectivity index (χ0n) is 10.6. The monoisotopic (exact) mass is 263 g/mol. The van der Waals surface area contributed by atoms with Gasteiger partial charge in [-0.2, -0.15) is 4.98 Å². The minimum Gasteiger partial charge on any atom is -0.496 e. The lowest BCUT2D eigenvalue weighted by molar-refractivity contribution is 0.412. The van der Waals surface area contributed by atoms with Gasteiger partial charge in [-0.3, -0.25) is 5.43 Å². The largest absolute Gasteiger partial charge is 0.496 e. The van der Waals surface area contributed by atoms with Gasteiger partial charge in [0.15, 0.2) is 11.6 Å². The average Bonchev–Trinajstić information content (AvgIpc) is 2.41. The van der Waals surface area contributed by atoms with Crippen LogP contribution < -0.4 is 21.3 Å². The quantitative estimate of drug-likeness (QED) is 0.577. The number of anilines is 3. The van der Waals surface area contributed by atoms with Crippen LogP contribution in [0.25, 0.3) is 0 Å². The van der Waals surface area contributed by atoms with Crippen molar-refractivity contribution < 1.29 is 9.13 Å². The minimum atomic E-state index is -0.563. The standard InChI is InChI=1S/C12H14FN5O/c1-7-5-8(3-4-10(7)19-2)16-11-9(13)6-15-12(17-11)18-14/h3-6H,14H2,1-2H3,(H2,15,16,17,18). The summed E-state index contributed by atoms with van der Waals surface area (Å²) in [4.78, 5) is 7.56. The smallest absolute Gasteiger partial charge is 0.239 e. The fraction of sp³-hybridized carbons (Fsp3) is 0.167. The summed E-state index contributed by atoms with van der Waals surface area (Å²) < 4.78 is 18.7. The van der Waals surface area contributed by atoms with E-state index in [0.717, 1.165) is 17.5 Å². The Morgan fingerprint density at radius 3 is 2.79 bits per heavy atom. The van der Waals surface area contributed by atoms with Crippen molar-refractivity contribution in [2.24, 2.45) is 5.84 Å². The summed E-state index contributed by atoms with van der Waals surface area (Å²) in [5.74, 6) is 5.56. The molecule has 1 heterocycles. The average molecular weight is 263 g/mol. The molecular formula is C12H14FN5O. The first-order valence-corrected chi connectivity index (χ1v) is 5.55. The molecule has 1 aromatic heterocycles. The van der Waals surface area contributed by atoms with Gasteiger partial charge in [0.05, 0.1) is 13.3 Å². The Bertz CT molecular complexity index is 590. The number of nitrogen functional groups attached to an aromatic ring is 1. The summed E-state index contributed by atoms with van der Waals surface area (Å²) >= 11 is 0. The second-order valence-corrected chi connectivity index (χ2v) is 3.84. The zero-order valence-corrected chi connectivity index (χ0v) is 10.6. The van der Waals surface area contributed by atoms with Crippen LogP contribution in [0.5, 0.6) is 5.75 Å². The molecule has 0 fully saturated rings. The predicted molar refractivity (Wildman–Crippen MR) is 70.8 cm³/mol. The molecule has 6 nitrogen and oxygen atoms in total. The molecule has 0 bridgehead atoms. The number of hydrogen-bond acceptors (Lipinski definition) is 6. The number of methoxy groups -OCH3 is 1. The Balaban J connectivity index is 2.28. The van der Waals surface area contributed by atoms with Crippen LogP contribution in [0.4, 0.5) is 21.8 Å². The number of aromatic nitrogens is 2. The maximum Gasteiger partial charge on any atom is 0.239 e. The Labute approximate surface area is 109 Å². The molecular weight excluding hydrogens is 249 g/mol. The van der Waals surface area contributed by atoms with Gasteiger partial charge in [-0.15, -0.1) is 0 Å². The van der Waals surface area contributed by atoms with Crippen molar-refractivity contribution in [1.29, 1.82) is 0 Å². The third-order valence-corrected chi connectivity index (χ3v) is 2.53. The second-order valence-electron chi connectivity index (χ2n) is 3.84. The van der Waals surface area contributed by atoms with Crippen molar-refractivity contribution in [3.05, 3.63) is 35.8 Å². The van der Waals surface area contributed by atoms with Crippen molar-refractivity contribution in [2.75, 3.05) is 17.9 Å². The number of halogens is 1. The first-order chi connectivity index (χ1) is 9.13. The Hall–Kier alpha value is -2.41. The summed E-state index contributed by atoms with van der Waals surface area (Å²) in [6.07, 6.45) is 1.04. The molecule has 0 aliphatic carbocycles. The molecule has 2 rings (SSSR count). The Morgan fingerprint density at radius 2 is 2.16 bits per heavy atom. The van der Waals surface area contributed by atoms with Crippen LogP contribution in [0, 0.1) is 12.7 Å². The van der Waals surface area contributed by atoms with Crippen molar-refractivity contribution in [3.8, 4) is 5.75 Å². The van der Waals surface area contributed by atoms with Gasteiger partial charge in [0.2, 0.25) is 5.95 Å². The lowest BCUT2D eigenvalue weighted by atomic mass is 10.2. The molecule has 4 N–H and O–H groups in total.